The molecule has 0 radical (unpaired) electrons. The van der Waals surface area contributed by atoms with Gasteiger partial charge in [0, 0.05) is 12.6 Å². The van der Waals surface area contributed by atoms with E-state index in [-0.39, 0.29) is 20.8 Å². The fraction of sp³-hybridized carbons (Fsp3) is 0.133. The van der Waals surface area contributed by atoms with Gasteiger partial charge in [0.2, 0.25) is 0 Å². The molecule has 0 spiro atoms. The summed E-state index contributed by atoms with van der Waals surface area (Å²) in [6.45, 7) is -0.526. The van der Waals surface area contributed by atoms with Crippen LogP contribution in [0.15, 0.2) is 41.3 Å². The lowest BCUT2D eigenvalue weighted by molar-refractivity contribution is -0.387. The fourth-order valence-corrected chi connectivity index (χ4v) is 4.55. The number of anilines is 1. The maximum absolute atomic E-state index is 13.1. The predicted molar refractivity (Wildman–Crippen MR) is 101 cm³/mol. The number of carboxylic acid groups (broad SMARTS) is 1. The molecule has 12 heteroatoms. The molecule has 2 aromatic rings. The summed E-state index contributed by atoms with van der Waals surface area (Å²) in [7, 11) is -4.54. The summed E-state index contributed by atoms with van der Waals surface area (Å²) in [5.41, 5.74) is -0.806. The Bertz CT molecular complexity index is 1010. The summed E-state index contributed by atoms with van der Waals surface area (Å²) >= 11 is 17.9. The van der Waals surface area contributed by atoms with Gasteiger partial charge in [0.05, 0.1) is 32.1 Å². The van der Waals surface area contributed by atoms with Gasteiger partial charge in [-0.2, -0.15) is 0 Å². The average molecular weight is 454 g/mol. The quantitative estimate of drug-likeness (QED) is 0.381. The maximum atomic E-state index is 13.1. The molecular formula is C15H11Cl3N2O6S. The number of benzene rings is 2. The first-order valence-electron chi connectivity index (χ1n) is 7.18. The molecule has 0 saturated carbocycles. The Hall–Kier alpha value is -2.07. The Morgan fingerprint density at radius 3 is 2.30 bits per heavy atom. The topological polar surface area (TPSA) is 118 Å². The first kappa shape index (κ1) is 21.2. The molecule has 0 aliphatic carbocycles. The molecule has 27 heavy (non-hydrogen) atoms. The van der Waals surface area contributed by atoms with Gasteiger partial charge in [-0.1, -0.05) is 46.9 Å². The van der Waals surface area contributed by atoms with Crippen molar-refractivity contribution < 1.29 is 23.2 Å². The number of halogens is 3. The Balaban J connectivity index is 2.69. The maximum Gasteiger partial charge on any atom is 0.305 e. The van der Waals surface area contributed by atoms with Crippen LogP contribution >= 0.6 is 34.8 Å². The fourth-order valence-electron chi connectivity index (χ4n) is 2.22. The van der Waals surface area contributed by atoms with Crippen molar-refractivity contribution in [3.63, 3.8) is 0 Å². The lowest BCUT2D eigenvalue weighted by Gasteiger charge is -2.25. The number of nitro groups is 1. The van der Waals surface area contributed by atoms with Gasteiger partial charge in [-0.25, -0.2) is 8.42 Å². The van der Waals surface area contributed by atoms with Crippen LogP contribution in [0.25, 0.3) is 0 Å². The normalized spacial score (nSPS) is 11.2. The Morgan fingerprint density at radius 2 is 1.70 bits per heavy atom. The number of rotatable bonds is 7. The second-order valence-electron chi connectivity index (χ2n) is 5.16. The zero-order valence-corrected chi connectivity index (χ0v) is 16.4. The van der Waals surface area contributed by atoms with Crippen molar-refractivity contribution in [3.8, 4) is 0 Å². The van der Waals surface area contributed by atoms with Crippen LogP contribution in [0.2, 0.25) is 15.1 Å². The van der Waals surface area contributed by atoms with Crippen molar-refractivity contribution in [2.24, 2.45) is 0 Å². The molecule has 0 amide bonds. The molecule has 0 saturated heterocycles. The first-order valence-corrected chi connectivity index (χ1v) is 9.75. The minimum Gasteiger partial charge on any atom is -0.481 e. The van der Waals surface area contributed by atoms with E-state index in [1.54, 1.807) is 0 Å². The Morgan fingerprint density at radius 1 is 1.11 bits per heavy atom. The van der Waals surface area contributed by atoms with Crippen molar-refractivity contribution in [1.82, 2.24) is 0 Å². The van der Waals surface area contributed by atoms with E-state index < -0.39 is 44.5 Å². The molecule has 0 unspecified atom stereocenters. The largest absolute Gasteiger partial charge is 0.481 e. The number of sulfonamides is 1. The monoisotopic (exact) mass is 452 g/mol. The summed E-state index contributed by atoms with van der Waals surface area (Å²) in [6.07, 6.45) is -0.573. The molecule has 0 aromatic heterocycles. The van der Waals surface area contributed by atoms with E-state index in [0.29, 0.717) is 4.31 Å². The van der Waals surface area contributed by atoms with Gasteiger partial charge in [0.1, 0.15) is 0 Å². The van der Waals surface area contributed by atoms with Crippen LogP contribution < -0.4 is 4.31 Å². The van der Waals surface area contributed by atoms with Gasteiger partial charge in [-0.3, -0.25) is 19.2 Å². The van der Waals surface area contributed by atoms with Gasteiger partial charge in [0.25, 0.3) is 15.7 Å². The van der Waals surface area contributed by atoms with Crippen molar-refractivity contribution >= 4 is 62.2 Å². The highest BCUT2D eigenvalue weighted by Crippen LogP contribution is 2.38. The standard InChI is InChI=1S/C15H11Cl3N2O6S/c16-9-7-11(18)13(8-10(9)17)19(6-5-15(21)22)27(25,26)14-4-2-1-3-12(14)20(23)24/h1-4,7-8H,5-6H2,(H,21,22). The molecule has 0 fully saturated rings. The van der Waals surface area contributed by atoms with Crippen LogP contribution in [-0.2, 0) is 14.8 Å². The first-order chi connectivity index (χ1) is 12.6. The summed E-state index contributed by atoms with van der Waals surface area (Å²) in [6, 6.07) is 7.05. The average Bonchev–Trinajstić information content (AvgIpc) is 2.58. The van der Waals surface area contributed by atoms with E-state index in [1.165, 1.54) is 18.2 Å². The van der Waals surface area contributed by atoms with E-state index >= 15 is 0 Å². The molecule has 0 aliphatic heterocycles. The van der Waals surface area contributed by atoms with Crippen LogP contribution in [0.3, 0.4) is 0 Å². The molecule has 0 atom stereocenters. The van der Waals surface area contributed by atoms with E-state index in [9.17, 15) is 23.3 Å². The van der Waals surface area contributed by atoms with Crippen LogP contribution in [0, 0.1) is 10.1 Å². The van der Waals surface area contributed by atoms with Crippen molar-refractivity contribution in [3.05, 3.63) is 61.6 Å². The summed E-state index contributed by atoms with van der Waals surface area (Å²) in [5, 5.41) is 20.1. The van der Waals surface area contributed by atoms with Gasteiger partial charge in [0.15, 0.2) is 4.90 Å². The number of nitrogens with zero attached hydrogens (tertiary/aromatic N) is 2. The number of nitro benzene ring substituents is 1. The third-order valence-corrected chi connectivity index (χ3v) is 6.30. The van der Waals surface area contributed by atoms with Crippen LogP contribution in [0.5, 0.6) is 0 Å². The minimum atomic E-state index is -4.54. The summed E-state index contributed by atoms with van der Waals surface area (Å²) < 4.78 is 26.9. The van der Waals surface area contributed by atoms with E-state index in [4.69, 9.17) is 39.9 Å². The highest BCUT2D eigenvalue weighted by Gasteiger charge is 2.33. The molecule has 0 bridgehead atoms. The predicted octanol–water partition coefficient (Wildman–Crippen LogP) is 4.23. The third-order valence-electron chi connectivity index (χ3n) is 3.42. The Labute approximate surface area is 169 Å². The van der Waals surface area contributed by atoms with Crippen LogP contribution in [0.1, 0.15) is 6.42 Å². The van der Waals surface area contributed by atoms with E-state index in [1.807, 2.05) is 0 Å². The zero-order chi connectivity index (χ0) is 20.4. The number of carbonyl (C=O) groups is 1. The lowest BCUT2D eigenvalue weighted by Crippen LogP contribution is -2.33. The number of carboxylic acids is 1. The van der Waals surface area contributed by atoms with Crippen molar-refractivity contribution in [1.29, 1.82) is 0 Å². The van der Waals surface area contributed by atoms with Crippen molar-refractivity contribution in [2.75, 3.05) is 10.8 Å². The number of hydrogen-bond donors (Lipinski definition) is 1. The molecular weight excluding hydrogens is 443 g/mol. The second kappa shape index (κ2) is 8.30. The molecule has 2 rings (SSSR count). The number of hydrogen-bond acceptors (Lipinski definition) is 5. The van der Waals surface area contributed by atoms with Gasteiger partial charge >= 0.3 is 5.97 Å². The minimum absolute atomic E-state index is 0.0193. The van der Waals surface area contributed by atoms with Crippen LogP contribution in [0.4, 0.5) is 11.4 Å². The number of para-hydroxylation sites is 1. The van der Waals surface area contributed by atoms with Crippen LogP contribution in [-0.4, -0.2) is 31.0 Å². The SMILES string of the molecule is O=C(O)CCN(c1cc(Cl)c(Cl)cc1Cl)S(=O)(=O)c1ccccc1[N+](=O)[O-]. The second-order valence-corrected chi connectivity index (χ2v) is 8.22. The van der Waals surface area contributed by atoms with E-state index in [0.717, 1.165) is 18.2 Å². The zero-order valence-electron chi connectivity index (χ0n) is 13.3. The summed E-state index contributed by atoms with van der Waals surface area (Å²) in [5.74, 6) is -1.27. The third kappa shape index (κ3) is 4.62. The van der Waals surface area contributed by atoms with Crippen molar-refractivity contribution in [2.45, 2.75) is 11.3 Å². The molecule has 0 aliphatic rings. The Kier molecular flexibility index (Phi) is 6.53. The smallest absolute Gasteiger partial charge is 0.305 e. The van der Waals surface area contributed by atoms with Gasteiger partial charge in [-0.15, -0.1) is 0 Å². The molecule has 144 valence electrons. The molecule has 2 aromatic carbocycles. The molecule has 0 heterocycles. The van der Waals surface area contributed by atoms with E-state index in [2.05, 4.69) is 0 Å². The van der Waals surface area contributed by atoms with Gasteiger partial charge in [-0.05, 0) is 18.2 Å². The highest BCUT2D eigenvalue weighted by molar-refractivity contribution is 7.93. The lowest BCUT2D eigenvalue weighted by atomic mass is 10.3. The van der Waals surface area contributed by atoms with Gasteiger partial charge < -0.3 is 5.11 Å². The number of aliphatic carboxylic acids is 1. The highest BCUT2D eigenvalue weighted by atomic mass is 35.5. The summed E-state index contributed by atoms with van der Waals surface area (Å²) in [4.78, 5) is 20.7. The molecule has 8 nitrogen and oxygen atoms in total. The molecule has 1 N–H and O–H groups in total.